The average molecular weight is 579 g/mol. The van der Waals surface area contributed by atoms with Crippen molar-refractivity contribution < 1.29 is 36.2 Å². The van der Waals surface area contributed by atoms with Crippen LogP contribution in [0.4, 0.5) is 22.7 Å². The Balaban J connectivity index is 1.66. The fourth-order valence-electron chi connectivity index (χ4n) is 3.33. The lowest BCUT2D eigenvalue weighted by Gasteiger charge is -2.13. The predicted octanol–water partition coefficient (Wildman–Crippen LogP) is 5.91. The summed E-state index contributed by atoms with van der Waals surface area (Å²) in [4.78, 5) is -1.28. The number of hydrogen-bond acceptors (Lipinski definition) is 12. The molecule has 40 heavy (non-hydrogen) atoms. The quantitative estimate of drug-likeness (QED) is 0.146. The Bertz CT molecular complexity index is 1720. The highest BCUT2D eigenvalue weighted by molar-refractivity contribution is 7.86. The van der Waals surface area contributed by atoms with E-state index in [1.165, 1.54) is 84.9 Å². The first-order valence-electron chi connectivity index (χ1n) is 11.2. The monoisotopic (exact) mass is 578 g/mol. The lowest BCUT2D eigenvalue weighted by atomic mass is 10.1. The number of phenolic OH excluding ortho intramolecular Hbond substituents is 2. The molecule has 4 aromatic rings. The molecule has 0 aromatic heterocycles. The van der Waals surface area contributed by atoms with Gasteiger partial charge in [-0.1, -0.05) is 24.3 Å². The molecule has 0 heterocycles. The summed E-state index contributed by atoms with van der Waals surface area (Å²) in [7, 11) is -9.98. The van der Waals surface area contributed by atoms with Crippen molar-refractivity contribution in [2.24, 2.45) is 20.5 Å². The highest BCUT2D eigenvalue weighted by Gasteiger charge is 2.11. The van der Waals surface area contributed by atoms with E-state index in [0.29, 0.717) is 11.4 Å². The molecular weight excluding hydrogens is 560 g/mol. The Kier molecular flexibility index (Phi) is 8.16. The van der Waals surface area contributed by atoms with Gasteiger partial charge in [-0.05, 0) is 83.9 Å². The Morgan fingerprint density at radius 3 is 1.12 bits per heavy atom. The summed E-state index contributed by atoms with van der Waals surface area (Å²) >= 11 is 0. The molecule has 0 saturated carbocycles. The second kappa shape index (κ2) is 11.5. The summed E-state index contributed by atoms with van der Waals surface area (Å²) < 4.78 is 71.6. The van der Waals surface area contributed by atoms with E-state index in [9.17, 15) is 36.2 Å². The minimum absolute atomic E-state index is 0.0240. The molecule has 0 unspecified atom stereocenters. The fraction of sp³-hybridized carbons (Fsp3) is 0. The van der Waals surface area contributed by atoms with Gasteiger partial charge in [0.25, 0.3) is 0 Å². The van der Waals surface area contributed by atoms with Crippen molar-refractivity contribution in [1.82, 2.24) is 0 Å². The summed E-state index contributed by atoms with van der Waals surface area (Å²) in [6.45, 7) is 0. The van der Waals surface area contributed by atoms with Crippen LogP contribution in [0.2, 0.25) is 0 Å². The van der Waals surface area contributed by atoms with Crippen LogP contribution in [-0.4, -0.2) is 36.2 Å². The molecule has 0 aliphatic rings. The highest BCUT2D eigenvalue weighted by atomic mass is 32.2. The minimum Gasteiger partial charge on any atom is -0.744 e. The number of rotatable bonds is 8. The van der Waals surface area contributed by atoms with Gasteiger partial charge in [0, 0.05) is 0 Å². The van der Waals surface area contributed by atoms with Gasteiger partial charge in [0.15, 0.2) is 0 Å². The smallest absolute Gasteiger partial charge is 0.125 e. The van der Waals surface area contributed by atoms with Crippen molar-refractivity contribution in [2.75, 3.05) is 0 Å². The van der Waals surface area contributed by atoms with E-state index >= 15 is 0 Å². The molecule has 2 N–H and O–H groups in total. The van der Waals surface area contributed by atoms with Gasteiger partial charge < -0.3 is 19.3 Å². The molecule has 4 aromatic carbocycles. The van der Waals surface area contributed by atoms with Crippen molar-refractivity contribution >= 4 is 55.1 Å². The van der Waals surface area contributed by atoms with E-state index in [0.717, 1.165) is 12.1 Å². The predicted molar refractivity (Wildman–Crippen MR) is 142 cm³/mol. The van der Waals surface area contributed by atoms with Crippen LogP contribution in [0.15, 0.2) is 115 Å². The third kappa shape index (κ3) is 7.42. The van der Waals surface area contributed by atoms with Crippen molar-refractivity contribution in [3.8, 4) is 11.5 Å². The Labute approximate surface area is 228 Å². The summed E-state index contributed by atoms with van der Waals surface area (Å²) in [5, 5.41) is 34.3. The Morgan fingerprint density at radius 2 is 0.800 bits per heavy atom. The van der Waals surface area contributed by atoms with Crippen LogP contribution in [0.1, 0.15) is 11.1 Å². The highest BCUT2D eigenvalue weighted by Crippen LogP contribution is 2.29. The molecular formula is C26H18N4O8S2-2. The summed E-state index contributed by atoms with van der Waals surface area (Å²) in [5.41, 5.74) is 0.667. The maximum atomic E-state index is 11.9. The molecule has 0 bridgehead atoms. The Hall–Kier alpha value is -4.76. The molecule has 0 radical (unpaired) electrons. The first-order valence-corrected chi connectivity index (χ1v) is 14.0. The maximum absolute atomic E-state index is 11.9. The van der Waals surface area contributed by atoms with Gasteiger partial charge in [-0.2, -0.15) is 20.5 Å². The molecule has 0 atom stereocenters. The molecule has 0 amide bonds. The maximum Gasteiger partial charge on any atom is 0.125 e. The lowest BCUT2D eigenvalue weighted by Crippen LogP contribution is -2.02. The van der Waals surface area contributed by atoms with E-state index in [2.05, 4.69) is 20.5 Å². The van der Waals surface area contributed by atoms with E-state index in [1.54, 1.807) is 0 Å². The largest absolute Gasteiger partial charge is 0.744 e. The van der Waals surface area contributed by atoms with Gasteiger partial charge in [-0.25, -0.2) is 16.8 Å². The van der Waals surface area contributed by atoms with Crippen LogP contribution >= 0.6 is 0 Å². The zero-order valence-electron chi connectivity index (χ0n) is 20.2. The van der Waals surface area contributed by atoms with Crippen molar-refractivity contribution in [2.45, 2.75) is 9.79 Å². The van der Waals surface area contributed by atoms with Crippen molar-refractivity contribution in [3.05, 3.63) is 96.1 Å². The first-order chi connectivity index (χ1) is 18.9. The van der Waals surface area contributed by atoms with E-state index in [1.807, 2.05) is 0 Å². The van der Waals surface area contributed by atoms with Crippen LogP contribution in [0.5, 0.6) is 11.5 Å². The topological polar surface area (TPSA) is 204 Å². The van der Waals surface area contributed by atoms with Gasteiger partial charge >= 0.3 is 0 Å². The number of aromatic hydroxyl groups is 2. The van der Waals surface area contributed by atoms with Crippen LogP contribution in [0.25, 0.3) is 12.2 Å². The molecule has 0 aliphatic heterocycles. The number of nitrogens with zero attached hydrogens (tertiary/aromatic N) is 4. The Morgan fingerprint density at radius 1 is 0.500 bits per heavy atom. The van der Waals surface area contributed by atoms with E-state index in [-0.39, 0.29) is 34.0 Å². The lowest BCUT2D eigenvalue weighted by molar-refractivity contribution is 0.460. The number of phenols is 2. The number of hydrogen-bond donors (Lipinski definition) is 2. The number of benzene rings is 4. The van der Waals surface area contributed by atoms with Crippen molar-refractivity contribution in [1.29, 1.82) is 0 Å². The third-order valence-corrected chi connectivity index (χ3v) is 7.02. The van der Waals surface area contributed by atoms with Gasteiger partial charge in [0.1, 0.15) is 31.7 Å². The molecule has 0 aliphatic carbocycles. The van der Waals surface area contributed by atoms with Crippen LogP contribution < -0.4 is 0 Å². The standard InChI is InChI=1S/C26H20N4O8S2/c31-23-11-7-19(8-12-23)27-29-21-5-3-17(25(15-21)39(33,34)35)1-2-18-4-6-22(16-26(18)40(36,37)38)30-28-20-9-13-24(32)14-10-20/h1-16,31-32H,(H,33,34,35)(H,36,37,38)/p-2/b2-1+,29-27?,30-28?. The average Bonchev–Trinajstić information content (AvgIpc) is 2.90. The van der Waals surface area contributed by atoms with E-state index in [4.69, 9.17) is 0 Å². The first kappa shape index (κ1) is 28.3. The van der Waals surface area contributed by atoms with E-state index < -0.39 is 30.0 Å². The second-order valence-electron chi connectivity index (χ2n) is 8.12. The third-order valence-electron chi connectivity index (χ3n) is 5.24. The van der Waals surface area contributed by atoms with Gasteiger partial charge in [0.05, 0.1) is 32.5 Å². The van der Waals surface area contributed by atoms with Gasteiger partial charge in [0.2, 0.25) is 0 Å². The molecule has 4 rings (SSSR count). The second-order valence-corrected chi connectivity index (χ2v) is 10.8. The molecule has 0 saturated heterocycles. The molecule has 14 heteroatoms. The minimum atomic E-state index is -4.99. The van der Waals surface area contributed by atoms with Crippen molar-refractivity contribution in [3.63, 3.8) is 0 Å². The SMILES string of the molecule is O=S(=O)([O-])c1cc(N=Nc2ccc(O)cc2)ccc1/C=C/c1ccc(N=Nc2ccc(O)cc2)cc1S(=O)(=O)[O-]. The van der Waals surface area contributed by atoms with Crippen LogP contribution in [-0.2, 0) is 20.2 Å². The molecule has 204 valence electrons. The fourth-order valence-corrected chi connectivity index (χ4v) is 4.71. The molecule has 0 spiro atoms. The van der Waals surface area contributed by atoms with Crippen LogP contribution in [0, 0.1) is 0 Å². The number of azo groups is 2. The summed E-state index contributed by atoms with van der Waals surface area (Å²) in [5.74, 6) is 0.0479. The summed E-state index contributed by atoms with van der Waals surface area (Å²) in [6, 6.07) is 18.8. The normalized spacial score (nSPS) is 12.6. The van der Waals surface area contributed by atoms with Crippen LogP contribution in [0.3, 0.4) is 0 Å². The summed E-state index contributed by atoms with van der Waals surface area (Å²) in [6.07, 6.45) is 2.35. The zero-order chi connectivity index (χ0) is 28.9. The molecule has 0 fully saturated rings. The van der Waals surface area contributed by atoms with Gasteiger partial charge in [-0.3, -0.25) is 0 Å². The zero-order valence-corrected chi connectivity index (χ0v) is 21.8. The molecule has 12 nitrogen and oxygen atoms in total. The van der Waals surface area contributed by atoms with Gasteiger partial charge in [-0.15, -0.1) is 0 Å².